The van der Waals surface area contributed by atoms with Crippen molar-refractivity contribution in [2.45, 2.75) is 56.2 Å². The van der Waals surface area contributed by atoms with Gasteiger partial charge in [-0.2, -0.15) is 0 Å². The quantitative estimate of drug-likeness (QED) is 0.375. The molecule has 8 heteroatoms. The van der Waals surface area contributed by atoms with Gasteiger partial charge in [-0.25, -0.2) is 0 Å². The van der Waals surface area contributed by atoms with Crippen LogP contribution in [0.4, 0.5) is 0 Å². The van der Waals surface area contributed by atoms with E-state index in [1.807, 2.05) is 0 Å². The fourth-order valence-corrected chi connectivity index (χ4v) is 2.31. The van der Waals surface area contributed by atoms with Crippen LogP contribution in [0, 0.1) is 0 Å². The number of ether oxygens (including phenoxy) is 2. The van der Waals surface area contributed by atoms with Gasteiger partial charge in [-0.1, -0.05) is 6.92 Å². The Hall–Kier alpha value is -0.770. The number of rotatable bonds is 2. The highest BCUT2D eigenvalue weighted by Gasteiger charge is 2.65. The Balaban J connectivity index is 2.34. The first-order valence-corrected chi connectivity index (χ1v) is 6.15. The van der Waals surface area contributed by atoms with E-state index in [2.05, 4.69) is 5.32 Å². The molecule has 2 aliphatic heterocycles. The Labute approximate surface area is 109 Å². The van der Waals surface area contributed by atoms with Crippen LogP contribution in [0.2, 0.25) is 0 Å². The molecule has 0 saturated carbocycles. The largest absolute Gasteiger partial charge is 0.394 e. The van der Waals surface area contributed by atoms with Crippen molar-refractivity contribution in [3.05, 3.63) is 0 Å². The summed E-state index contributed by atoms with van der Waals surface area (Å²) in [6.45, 7) is 2.75. The van der Waals surface area contributed by atoms with Gasteiger partial charge in [0, 0.05) is 0 Å². The van der Waals surface area contributed by atoms with Crippen LogP contribution >= 0.6 is 0 Å². The molecule has 5 N–H and O–H groups in total. The minimum absolute atomic E-state index is 0.416. The Morgan fingerprint density at radius 3 is 2.42 bits per heavy atom. The van der Waals surface area contributed by atoms with Crippen LogP contribution in [0.1, 0.15) is 20.3 Å². The van der Waals surface area contributed by atoms with Gasteiger partial charge >= 0.3 is 0 Å². The summed E-state index contributed by atoms with van der Waals surface area (Å²) >= 11 is 0. The van der Waals surface area contributed by atoms with Gasteiger partial charge in [-0.05, 0) is 13.3 Å². The van der Waals surface area contributed by atoms with Crippen molar-refractivity contribution < 1.29 is 34.7 Å². The molecule has 1 spiro atoms. The molecule has 2 fully saturated rings. The number of aliphatic hydroxyl groups excluding tert-OH is 4. The molecule has 0 aromatic heterocycles. The third-order valence-electron chi connectivity index (χ3n) is 3.70. The molecule has 0 bridgehead atoms. The second-order valence-electron chi connectivity index (χ2n) is 5.07. The van der Waals surface area contributed by atoms with Crippen molar-refractivity contribution in [1.82, 2.24) is 5.32 Å². The monoisotopic (exact) mass is 277 g/mol. The SMILES string of the molecule is CCC1(C)NC(=O)[C@@]2(O[C@H](CO)[C@@H](O)[C@H](O)[C@H]2O)O1. The fraction of sp³-hybridized carbons (Fsp3) is 0.909. The summed E-state index contributed by atoms with van der Waals surface area (Å²) in [6.07, 6.45) is -5.72. The Morgan fingerprint density at radius 1 is 1.32 bits per heavy atom. The molecule has 2 heterocycles. The summed E-state index contributed by atoms with van der Waals surface area (Å²) < 4.78 is 10.7. The first-order chi connectivity index (χ1) is 8.79. The van der Waals surface area contributed by atoms with Crippen molar-refractivity contribution >= 4 is 5.91 Å². The van der Waals surface area contributed by atoms with Gasteiger partial charge in [-0.15, -0.1) is 0 Å². The highest BCUT2D eigenvalue weighted by molar-refractivity contribution is 5.87. The van der Waals surface area contributed by atoms with Gasteiger partial charge in [0.1, 0.15) is 30.1 Å². The molecule has 2 rings (SSSR count). The lowest BCUT2D eigenvalue weighted by molar-refractivity contribution is -0.352. The lowest BCUT2D eigenvalue weighted by Crippen LogP contribution is -2.68. The summed E-state index contributed by atoms with van der Waals surface area (Å²) in [7, 11) is 0. The van der Waals surface area contributed by atoms with Crippen molar-refractivity contribution in [3.63, 3.8) is 0 Å². The first-order valence-electron chi connectivity index (χ1n) is 6.15. The molecular weight excluding hydrogens is 258 g/mol. The number of aliphatic hydroxyl groups is 4. The topological polar surface area (TPSA) is 128 Å². The molecular formula is C11H19NO7. The molecule has 0 aromatic carbocycles. The van der Waals surface area contributed by atoms with Gasteiger partial charge in [0.15, 0.2) is 0 Å². The standard InChI is InChI=1S/C11H19NO7/c1-3-10(2)12-9(17)11(19-10)8(16)7(15)6(14)5(4-13)18-11/h5-8,13-16H,3-4H2,1-2H3,(H,12,17)/t5-,6-,7+,8-,10?,11+/m1/s1. The first kappa shape index (κ1) is 14.6. The van der Waals surface area contributed by atoms with Gasteiger partial charge in [-0.3, -0.25) is 4.79 Å². The number of carbonyl (C=O) groups excluding carboxylic acids is 1. The van der Waals surface area contributed by atoms with Gasteiger partial charge in [0.25, 0.3) is 11.7 Å². The number of carbonyl (C=O) groups is 1. The van der Waals surface area contributed by atoms with Crippen molar-refractivity contribution in [3.8, 4) is 0 Å². The van der Waals surface area contributed by atoms with Crippen LogP contribution < -0.4 is 5.32 Å². The zero-order valence-electron chi connectivity index (χ0n) is 10.7. The molecule has 0 aromatic rings. The molecule has 110 valence electrons. The Kier molecular flexibility index (Phi) is 3.58. The number of nitrogens with one attached hydrogen (secondary N) is 1. The van der Waals surface area contributed by atoms with Crippen LogP contribution in [-0.2, 0) is 14.3 Å². The average Bonchev–Trinajstić information content (AvgIpc) is 2.64. The third-order valence-corrected chi connectivity index (χ3v) is 3.70. The van der Waals surface area contributed by atoms with Crippen LogP contribution in [0.25, 0.3) is 0 Å². The minimum atomic E-state index is -2.11. The summed E-state index contributed by atoms with van der Waals surface area (Å²) in [4.78, 5) is 12.1. The summed E-state index contributed by atoms with van der Waals surface area (Å²) in [6, 6.07) is 0. The van der Waals surface area contributed by atoms with Crippen LogP contribution in [0.3, 0.4) is 0 Å². The third kappa shape index (κ3) is 2.04. The van der Waals surface area contributed by atoms with E-state index in [-0.39, 0.29) is 0 Å². The molecule has 0 radical (unpaired) electrons. The molecule has 2 saturated heterocycles. The smallest absolute Gasteiger partial charge is 0.285 e. The molecule has 2 aliphatic rings. The molecule has 8 nitrogen and oxygen atoms in total. The van der Waals surface area contributed by atoms with E-state index < -0.39 is 48.4 Å². The molecule has 1 amide bonds. The molecule has 6 atom stereocenters. The Morgan fingerprint density at radius 2 is 1.95 bits per heavy atom. The summed E-state index contributed by atoms with van der Waals surface area (Å²) in [5.74, 6) is -2.86. The number of hydrogen-bond donors (Lipinski definition) is 5. The zero-order valence-corrected chi connectivity index (χ0v) is 10.7. The van der Waals surface area contributed by atoms with Crippen LogP contribution in [-0.4, -0.2) is 68.9 Å². The van der Waals surface area contributed by atoms with Crippen molar-refractivity contribution in [2.24, 2.45) is 0 Å². The summed E-state index contributed by atoms with van der Waals surface area (Å²) in [5.41, 5.74) is -1.04. The zero-order chi connectivity index (χ0) is 14.4. The van der Waals surface area contributed by atoms with E-state index in [4.69, 9.17) is 14.6 Å². The van der Waals surface area contributed by atoms with E-state index in [0.29, 0.717) is 6.42 Å². The maximum absolute atomic E-state index is 12.1. The average molecular weight is 277 g/mol. The lowest BCUT2D eigenvalue weighted by atomic mass is 9.92. The van der Waals surface area contributed by atoms with E-state index in [1.165, 1.54) is 0 Å². The number of amides is 1. The van der Waals surface area contributed by atoms with Crippen molar-refractivity contribution in [1.29, 1.82) is 0 Å². The van der Waals surface area contributed by atoms with Gasteiger partial charge < -0.3 is 35.2 Å². The van der Waals surface area contributed by atoms with Crippen molar-refractivity contribution in [2.75, 3.05) is 6.61 Å². The predicted molar refractivity (Wildman–Crippen MR) is 60.6 cm³/mol. The second kappa shape index (κ2) is 4.65. The van der Waals surface area contributed by atoms with E-state index in [0.717, 1.165) is 0 Å². The second-order valence-corrected chi connectivity index (χ2v) is 5.07. The van der Waals surface area contributed by atoms with E-state index >= 15 is 0 Å². The van der Waals surface area contributed by atoms with Gasteiger partial charge in [0.05, 0.1) is 6.61 Å². The number of hydrogen-bond acceptors (Lipinski definition) is 7. The maximum Gasteiger partial charge on any atom is 0.285 e. The van der Waals surface area contributed by atoms with Crippen LogP contribution in [0.15, 0.2) is 0 Å². The molecule has 19 heavy (non-hydrogen) atoms. The van der Waals surface area contributed by atoms with Crippen LogP contribution in [0.5, 0.6) is 0 Å². The van der Waals surface area contributed by atoms with E-state index in [9.17, 15) is 20.1 Å². The van der Waals surface area contributed by atoms with E-state index in [1.54, 1.807) is 13.8 Å². The van der Waals surface area contributed by atoms with Gasteiger partial charge in [0.2, 0.25) is 0 Å². The lowest BCUT2D eigenvalue weighted by Gasteiger charge is -2.44. The highest BCUT2D eigenvalue weighted by Crippen LogP contribution is 2.39. The highest BCUT2D eigenvalue weighted by atomic mass is 16.8. The molecule has 0 aliphatic carbocycles. The maximum atomic E-state index is 12.1. The Bertz CT molecular complexity index is 376. The molecule has 1 unspecified atom stereocenters. The summed E-state index contributed by atoms with van der Waals surface area (Å²) in [5, 5.41) is 41.1. The fourth-order valence-electron chi connectivity index (χ4n) is 2.31. The normalized spacial score (nSPS) is 50.5. The predicted octanol–water partition coefficient (Wildman–Crippen LogP) is -2.57. The minimum Gasteiger partial charge on any atom is -0.394 e.